The first-order valence-electron chi connectivity index (χ1n) is 7.90. The van der Waals surface area contributed by atoms with Crippen molar-refractivity contribution in [3.63, 3.8) is 0 Å². The fourth-order valence-electron chi connectivity index (χ4n) is 2.99. The van der Waals surface area contributed by atoms with Gasteiger partial charge in [0, 0.05) is 36.5 Å². The van der Waals surface area contributed by atoms with Crippen molar-refractivity contribution in [1.29, 1.82) is 0 Å². The predicted octanol–water partition coefficient (Wildman–Crippen LogP) is 1.70. The second-order valence-corrected chi connectivity index (χ2v) is 5.81. The first kappa shape index (κ1) is 17.5. The number of methoxy groups -OCH3 is 2. The molecule has 3 rings (SSSR count). The van der Waals surface area contributed by atoms with Crippen LogP contribution in [-0.2, 0) is 13.0 Å². The lowest BCUT2D eigenvalue weighted by Crippen LogP contribution is -2.37. The van der Waals surface area contributed by atoms with Crippen LogP contribution in [0.3, 0.4) is 0 Å². The van der Waals surface area contributed by atoms with Crippen LogP contribution in [0, 0.1) is 0 Å². The number of ether oxygens (including phenoxy) is 2. The molecule has 1 amide bonds. The average molecular weight is 358 g/mol. The number of hydrogen-bond acceptors (Lipinski definition) is 6. The molecule has 136 valence electrons. The summed E-state index contributed by atoms with van der Waals surface area (Å²) in [5.41, 5.74) is 0.901. The second kappa shape index (κ2) is 6.91. The van der Waals surface area contributed by atoms with Crippen LogP contribution < -0.4 is 9.47 Å². The van der Waals surface area contributed by atoms with E-state index in [2.05, 4.69) is 4.98 Å². The summed E-state index contributed by atoms with van der Waals surface area (Å²) in [6.07, 6.45) is 1.55. The number of pyridine rings is 1. The molecule has 0 bridgehead atoms. The van der Waals surface area contributed by atoms with Crippen LogP contribution in [0.5, 0.6) is 17.2 Å². The number of carbonyl (C=O) groups excluding carboxylic acids is 1. The molecule has 1 aliphatic rings. The Hall–Kier alpha value is -3.29. The maximum Gasteiger partial charge on any atom is 0.358 e. The van der Waals surface area contributed by atoms with Crippen molar-refractivity contribution in [2.45, 2.75) is 13.0 Å². The Labute approximate surface area is 149 Å². The number of carboxylic acid groups (broad SMARTS) is 1. The van der Waals surface area contributed by atoms with Crippen molar-refractivity contribution in [3.05, 3.63) is 46.8 Å². The van der Waals surface area contributed by atoms with Gasteiger partial charge in [-0.2, -0.15) is 0 Å². The van der Waals surface area contributed by atoms with E-state index in [1.54, 1.807) is 31.3 Å². The van der Waals surface area contributed by atoms with E-state index in [1.807, 2.05) is 6.07 Å². The molecule has 1 aromatic heterocycles. The molecule has 8 nitrogen and oxygen atoms in total. The summed E-state index contributed by atoms with van der Waals surface area (Å²) in [5, 5.41) is 19.1. The highest BCUT2D eigenvalue weighted by Gasteiger charge is 2.30. The minimum Gasteiger partial charge on any atom is -0.505 e. The molecular weight excluding hydrogens is 340 g/mol. The van der Waals surface area contributed by atoms with Crippen molar-refractivity contribution < 1.29 is 29.3 Å². The lowest BCUT2D eigenvalue weighted by atomic mass is 9.98. The molecule has 0 spiro atoms. The maximum absolute atomic E-state index is 12.7. The van der Waals surface area contributed by atoms with E-state index in [0.717, 1.165) is 5.56 Å². The van der Waals surface area contributed by atoms with E-state index in [0.29, 0.717) is 36.6 Å². The summed E-state index contributed by atoms with van der Waals surface area (Å²) in [5.74, 6) is -0.835. The van der Waals surface area contributed by atoms with Crippen molar-refractivity contribution in [3.8, 4) is 17.2 Å². The van der Waals surface area contributed by atoms with E-state index in [1.165, 1.54) is 6.20 Å². The third-order valence-corrected chi connectivity index (χ3v) is 4.37. The number of amides is 1. The average Bonchev–Trinajstić information content (AvgIpc) is 2.64. The Kier molecular flexibility index (Phi) is 4.66. The van der Waals surface area contributed by atoms with Crippen LogP contribution in [0.15, 0.2) is 24.4 Å². The van der Waals surface area contributed by atoms with Gasteiger partial charge in [-0.05, 0) is 18.6 Å². The van der Waals surface area contributed by atoms with Gasteiger partial charge in [0.2, 0.25) is 0 Å². The molecule has 2 N–H and O–H groups in total. The van der Waals surface area contributed by atoms with Gasteiger partial charge in [-0.25, -0.2) is 9.78 Å². The third-order valence-electron chi connectivity index (χ3n) is 4.37. The molecule has 2 aromatic rings. The first-order chi connectivity index (χ1) is 12.5. The van der Waals surface area contributed by atoms with Gasteiger partial charge in [0.1, 0.15) is 11.5 Å². The Morgan fingerprint density at radius 1 is 1.31 bits per heavy atom. The van der Waals surface area contributed by atoms with Crippen LogP contribution in [0.25, 0.3) is 0 Å². The summed E-state index contributed by atoms with van der Waals surface area (Å²) in [4.78, 5) is 29.1. The van der Waals surface area contributed by atoms with Crippen molar-refractivity contribution >= 4 is 11.9 Å². The standard InChI is InChI=1S/C18H18N2O6/c1-25-11-4-3-10(14(7-11)26-2)9-20-6-5-12-13(17(20)22)8-19-15(16(12)21)18(23)24/h3-4,7-8,21H,5-6,9H2,1-2H3,(H,23,24). The largest absolute Gasteiger partial charge is 0.505 e. The third kappa shape index (κ3) is 3.01. The molecule has 0 aliphatic carbocycles. The molecule has 0 saturated carbocycles. The Morgan fingerprint density at radius 2 is 2.08 bits per heavy atom. The molecule has 0 unspecified atom stereocenters. The van der Waals surface area contributed by atoms with Gasteiger partial charge in [0.25, 0.3) is 5.91 Å². The van der Waals surface area contributed by atoms with E-state index >= 15 is 0 Å². The number of aromatic hydroxyl groups is 1. The number of carbonyl (C=O) groups is 2. The molecule has 1 aromatic carbocycles. The Morgan fingerprint density at radius 3 is 2.73 bits per heavy atom. The molecule has 0 atom stereocenters. The van der Waals surface area contributed by atoms with Gasteiger partial charge in [0.05, 0.1) is 19.8 Å². The number of carboxylic acids is 1. The Balaban J connectivity index is 1.89. The van der Waals surface area contributed by atoms with Crippen LogP contribution in [0.2, 0.25) is 0 Å². The number of aromatic nitrogens is 1. The van der Waals surface area contributed by atoms with Crippen LogP contribution >= 0.6 is 0 Å². The predicted molar refractivity (Wildman–Crippen MR) is 90.9 cm³/mol. The summed E-state index contributed by atoms with van der Waals surface area (Å²) in [6.45, 7) is 0.657. The van der Waals surface area contributed by atoms with Gasteiger partial charge in [-0.15, -0.1) is 0 Å². The molecule has 0 saturated heterocycles. The fourth-order valence-corrected chi connectivity index (χ4v) is 2.99. The number of hydrogen-bond donors (Lipinski definition) is 2. The summed E-state index contributed by atoms with van der Waals surface area (Å²) < 4.78 is 10.5. The van der Waals surface area contributed by atoms with E-state index in [4.69, 9.17) is 14.6 Å². The van der Waals surface area contributed by atoms with Gasteiger partial charge >= 0.3 is 5.97 Å². The van der Waals surface area contributed by atoms with Crippen molar-refractivity contribution in [2.24, 2.45) is 0 Å². The van der Waals surface area contributed by atoms with E-state index in [-0.39, 0.29) is 11.5 Å². The molecule has 0 fully saturated rings. The summed E-state index contributed by atoms with van der Waals surface area (Å²) in [7, 11) is 3.10. The summed E-state index contributed by atoms with van der Waals surface area (Å²) in [6, 6.07) is 5.35. The monoisotopic (exact) mass is 358 g/mol. The number of rotatable bonds is 5. The highest BCUT2D eigenvalue weighted by Crippen LogP contribution is 2.31. The molecule has 1 aliphatic heterocycles. The highest BCUT2D eigenvalue weighted by atomic mass is 16.5. The fraction of sp³-hybridized carbons (Fsp3) is 0.278. The molecule has 8 heteroatoms. The van der Waals surface area contributed by atoms with Gasteiger partial charge < -0.3 is 24.6 Å². The highest BCUT2D eigenvalue weighted by molar-refractivity contribution is 5.99. The van der Waals surface area contributed by atoms with Gasteiger partial charge in [-0.3, -0.25) is 4.79 Å². The number of benzene rings is 1. The minimum atomic E-state index is -1.33. The van der Waals surface area contributed by atoms with Crippen LogP contribution in [0.4, 0.5) is 0 Å². The zero-order valence-corrected chi connectivity index (χ0v) is 14.4. The SMILES string of the molecule is COc1ccc(CN2CCc3c(cnc(C(=O)O)c3O)C2=O)c(OC)c1. The smallest absolute Gasteiger partial charge is 0.358 e. The van der Waals surface area contributed by atoms with E-state index < -0.39 is 17.4 Å². The van der Waals surface area contributed by atoms with Crippen LogP contribution in [0.1, 0.15) is 32.0 Å². The zero-order chi connectivity index (χ0) is 18.8. The second-order valence-electron chi connectivity index (χ2n) is 5.81. The molecule has 2 heterocycles. The normalized spacial score (nSPS) is 13.3. The van der Waals surface area contributed by atoms with Crippen LogP contribution in [-0.4, -0.2) is 52.7 Å². The lowest BCUT2D eigenvalue weighted by molar-refractivity contribution is 0.0677. The van der Waals surface area contributed by atoms with Gasteiger partial charge in [-0.1, -0.05) is 0 Å². The zero-order valence-electron chi connectivity index (χ0n) is 14.4. The first-order valence-corrected chi connectivity index (χ1v) is 7.90. The van der Waals surface area contributed by atoms with Crippen molar-refractivity contribution in [2.75, 3.05) is 20.8 Å². The molecular formula is C18H18N2O6. The Bertz CT molecular complexity index is 880. The molecule has 26 heavy (non-hydrogen) atoms. The van der Waals surface area contributed by atoms with E-state index in [9.17, 15) is 14.7 Å². The van der Waals surface area contributed by atoms with Crippen molar-refractivity contribution in [1.82, 2.24) is 9.88 Å². The lowest BCUT2D eigenvalue weighted by Gasteiger charge is -2.29. The maximum atomic E-state index is 12.7. The number of aromatic carboxylic acids is 1. The number of fused-ring (bicyclic) bond motifs is 1. The molecule has 0 radical (unpaired) electrons. The number of nitrogens with zero attached hydrogens (tertiary/aromatic N) is 2. The van der Waals surface area contributed by atoms with Gasteiger partial charge in [0.15, 0.2) is 11.4 Å². The quantitative estimate of drug-likeness (QED) is 0.837. The minimum absolute atomic E-state index is 0.214. The summed E-state index contributed by atoms with van der Waals surface area (Å²) >= 11 is 0. The topological polar surface area (TPSA) is 109 Å².